The van der Waals surface area contributed by atoms with E-state index in [1.807, 2.05) is 50.2 Å². The van der Waals surface area contributed by atoms with Crippen LogP contribution in [-0.2, 0) is 19.1 Å². The van der Waals surface area contributed by atoms with Gasteiger partial charge in [-0.2, -0.15) is 0 Å². The SMILES string of the molecule is C=C(C)C(=O)OCCCCCCCCCCCOC(=O)C(C(C)C)N1C(=O)c2ccc3c4ccc5c6c(ccc(c7ccc(c2c37)C1=O)c64)C(=O)N(C(CCCCC)CCCCC)C5=O. The van der Waals surface area contributed by atoms with Gasteiger partial charge in [0.15, 0.2) is 0 Å². The maximum atomic E-state index is 14.5. The molecule has 7 rings (SSSR count). The summed E-state index contributed by atoms with van der Waals surface area (Å²) in [5.74, 6) is -2.87. The Balaban J connectivity index is 1.06. The minimum atomic E-state index is -1.10. The molecule has 10 heteroatoms. The Hall–Kier alpha value is -5.64. The molecule has 5 aromatic carbocycles. The second-order valence-corrected chi connectivity index (χ2v) is 18.7. The van der Waals surface area contributed by atoms with Crippen LogP contribution in [0.1, 0.15) is 185 Å². The van der Waals surface area contributed by atoms with Crippen LogP contribution in [0.2, 0.25) is 0 Å². The van der Waals surface area contributed by atoms with Gasteiger partial charge in [-0.15, -0.1) is 0 Å². The van der Waals surface area contributed by atoms with E-state index in [4.69, 9.17) is 9.47 Å². The first kappa shape index (κ1) is 47.3. The number of esters is 2. The minimum absolute atomic E-state index is 0.158. The number of benzene rings is 5. The summed E-state index contributed by atoms with van der Waals surface area (Å²) < 4.78 is 10.9. The van der Waals surface area contributed by atoms with E-state index in [-0.39, 0.29) is 30.4 Å². The molecule has 0 N–H and O–H groups in total. The fraction of sp³-hybridized carbons (Fsp3) is 0.491. The molecule has 2 aliphatic heterocycles. The third-order valence-electron chi connectivity index (χ3n) is 13.6. The Morgan fingerprint density at radius 2 is 0.877 bits per heavy atom. The molecule has 0 spiro atoms. The van der Waals surface area contributed by atoms with Crippen LogP contribution in [0.4, 0.5) is 0 Å². The van der Waals surface area contributed by atoms with E-state index in [9.17, 15) is 28.8 Å². The molecule has 2 aliphatic rings. The van der Waals surface area contributed by atoms with Gasteiger partial charge in [0, 0.05) is 44.6 Å². The molecule has 0 saturated carbocycles. The lowest BCUT2D eigenvalue weighted by Crippen LogP contribution is -2.53. The van der Waals surface area contributed by atoms with Gasteiger partial charge < -0.3 is 9.47 Å². The van der Waals surface area contributed by atoms with Crippen molar-refractivity contribution in [3.05, 3.63) is 82.9 Å². The Bertz CT molecular complexity index is 2500. The van der Waals surface area contributed by atoms with Crippen LogP contribution in [0.15, 0.2) is 60.7 Å². The first-order chi connectivity index (χ1) is 31.4. The van der Waals surface area contributed by atoms with E-state index in [0.717, 1.165) is 140 Å². The molecule has 5 aromatic rings. The monoisotopic (exact) mass is 882 g/mol. The topological polar surface area (TPSA) is 127 Å². The predicted octanol–water partition coefficient (Wildman–Crippen LogP) is 12.7. The first-order valence-corrected chi connectivity index (χ1v) is 24.4. The summed E-state index contributed by atoms with van der Waals surface area (Å²) in [6.45, 7) is 13.8. The Morgan fingerprint density at radius 3 is 1.25 bits per heavy atom. The number of imide groups is 2. The van der Waals surface area contributed by atoms with Crippen molar-refractivity contribution in [3.8, 4) is 0 Å². The normalized spacial score (nSPS) is 14.3. The highest BCUT2D eigenvalue weighted by molar-refractivity contribution is 6.41. The quantitative estimate of drug-likeness (QED) is 0.0142. The average molecular weight is 883 g/mol. The summed E-state index contributed by atoms with van der Waals surface area (Å²) in [5, 5.41) is 6.13. The lowest BCUT2D eigenvalue weighted by molar-refractivity contribution is -0.150. The van der Waals surface area contributed by atoms with E-state index in [2.05, 4.69) is 20.4 Å². The standard InChI is InChI=1S/C55H66N2O8/c1-7-9-18-22-36(23-19-10-8-2)56-50(58)41-28-24-37-39-26-30-43-48-44(31-27-40(46(39)48)38-25-29-42(51(56)59)47(41)45(37)38)53(61)57(52(43)60)49(34(3)4)55(63)65-33-21-17-15-13-11-12-14-16-20-32-64-54(62)35(5)6/h24-31,34,36,49H,5,7-23,32-33H2,1-4,6H3. The molecule has 1 atom stereocenters. The second kappa shape index (κ2) is 21.1. The fourth-order valence-corrected chi connectivity index (χ4v) is 10.2. The van der Waals surface area contributed by atoms with Crippen molar-refractivity contribution in [3.63, 3.8) is 0 Å². The summed E-state index contributed by atoms with van der Waals surface area (Å²) in [6, 6.07) is 13.6. The van der Waals surface area contributed by atoms with Crippen LogP contribution in [0.3, 0.4) is 0 Å². The maximum Gasteiger partial charge on any atom is 0.333 e. The summed E-state index contributed by atoms with van der Waals surface area (Å²) in [7, 11) is 0. The number of hydrogen-bond acceptors (Lipinski definition) is 8. The van der Waals surface area contributed by atoms with Crippen LogP contribution in [0.25, 0.3) is 43.1 Å². The predicted molar refractivity (Wildman–Crippen MR) is 258 cm³/mol. The average Bonchev–Trinajstić information content (AvgIpc) is 3.29. The van der Waals surface area contributed by atoms with Gasteiger partial charge >= 0.3 is 11.9 Å². The molecular weight excluding hydrogens is 817 g/mol. The van der Waals surface area contributed by atoms with Crippen molar-refractivity contribution >= 4 is 78.7 Å². The van der Waals surface area contributed by atoms with Crippen LogP contribution < -0.4 is 0 Å². The molecular formula is C55H66N2O8. The number of hydrogen-bond donors (Lipinski definition) is 0. The van der Waals surface area contributed by atoms with Crippen LogP contribution in [0.5, 0.6) is 0 Å². The van der Waals surface area contributed by atoms with Crippen molar-refractivity contribution in [1.29, 1.82) is 0 Å². The summed E-state index contributed by atoms with van der Waals surface area (Å²) in [6.07, 6.45) is 16.6. The third-order valence-corrected chi connectivity index (χ3v) is 13.6. The van der Waals surface area contributed by atoms with Gasteiger partial charge in [0.25, 0.3) is 23.6 Å². The van der Waals surface area contributed by atoms with Gasteiger partial charge in [-0.25, -0.2) is 9.59 Å². The Kier molecular flexibility index (Phi) is 15.4. The second-order valence-electron chi connectivity index (χ2n) is 18.7. The van der Waals surface area contributed by atoms with E-state index in [1.54, 1.807) is 24.0 Å². The van der Waals surface area contributed by atoms with Gasteiger partial charge in [0.1, 0.15) is 6.04 Å². The lowest BCUT2D eigenvalue weighted by Gasteiger charge is -2.35. The van der Waals surface area contributed by atoms with Crippen molar-refractivity contribution in [1.82, 2.24) is 9.80 Å². The van der Waals surface area contributed by atoms with Crippen molar-refractivity contribution in [2.45, 2.75) is 156 Å². The van der Waals surface area contributed by atoms with Gasteiger partial charge in [0.2, 0.25) is 0 Å². The zero-order valence-corrected chi connectivity index (χ0v) is 39.2. The highest BCUT2D eigenvalue weighted by Crippen LogP contribution is 2.47. The molecule has 0 aliphatic carbocycles. The maximum absolute atomic E-state index is 14.5. The number of carbonyl (C=O) groups is 6. The Labute approximate surface area is 383 Å². The van der Waals surface area contributed by atoms with E-state index < -0.39 is 29.7 Å². The highest BCUT2D eigenvalue weighted by Gasteiger charge is 2.44. The van der Waals surface area contributed by atoms with Crippen molar-refractivity contribution in [2.75, 3.05) is 13.2 Å². The molecule has 0 aromatic heterocycles. The zero-order valence-electron chi connectivity index (χ0n) is 39.2. The molecule has 2 heterocycles. The van der Waals surface area contributed by atoms with E-state index >= 15 is 0 Å². The number of amides is 4. The lowest BCUT2D eigenvalue weighted by atomic mass is 9.81. The highest BCUT2D eigenvalue weighted by atomic mass is 16.5. The third kappa shape index (κ3) is 9.41. The molecule has 0 radical (unpaired) electrons. The minimum Gasteiger partial charge on any atom is -0.464 e. The number of unbranched alkanes of at least 4 members (excludes halogenated alkanes) is 12. The number of carbonyl (C=O) groups excluding carboxylic acids is 6. The van der Waals surface area contributed by atoms with Crippen LogP contribution in [-0.4, -0.2) is 70.7 Å². The first-order valence-electron chi connectivity index (χ1n) is 24.4. The zero-order chi connectivity index (χ0) is 46.4. The van der Waals surface area contributed by atoms with Crippen LogP contribution >= 0.6 is 0 Å². The molecule has 0 bridgehead atoms. The van der Waals surface area contributed by atoms with Gasteiger partial charge in [-0.1, -0.05) is 142 Å². The van der Waals surface area contributed by atoms with Crippen LogP contribution in [0, 0.1) is 5.92 Å². The summed E-state index contributed by atoms with van der Waals surface area (Å²) >= 11 is 0. The molecule has 344 valence electrons. The summed E-state index contributed by atoms with van der Waals surface area (Å²) in [5.41, 5.74) is 2.16. The molecule has 0 fully saturated rings. The van der Waals surface area contributed by atoms with E-state index in [1.165, 1.54) is 0 Å². The largest absolute Gasteiger partial charge is 0.464 e. The molecule has 0 saturated heterocycles. The molecule has 4 amide bonds. The van der Waals surface area contributed by atoms with Gasteiger partial charge in [-0.05, 0) is 95.1 Å². The van der Waals surface area contributed by atoms with Crippen molar-refractivity contribution < 1.29 is 38.2 Å². The fourth-order valence-electron chi connectivity index (χ4n) is 10.2. The smallest absolute Gasteiger partial charge is 0.333 e. The number of fused-ring (bicyclic) bond motifs is 2. The number of rotatable bonds is 25. The molecule has 1 unspecified atom stereocenters. The van der Waals surface area contributed by atoms with Crippen molar-refractivity contribution in [2.24, 2.45) is 5.92 Å². The van der Waals surface area contributed by atoms with Gasteiger partial charge in [0.05, 0.1) is 13.2 Å². The van der Waals surface area contributed by atoms with Gasteiger partial charge in [-0.3, -0.25) is 29.0 Å². The molecule has 10 nitrogen and oxygen atoms in total. The molecule has 65 heavy (non-hydrogen) atoms. The number of ether oxygens (including phenoxy) is 2. The number of nitrogens with zero attached hydrogens (tertiary/aromatic N) is 2. The van der Waals surface area contributed by atoms with E-state index in [0.29, 0.717) is 51.6 Å². The summed E-state index contributed by atoms with van der Waals surface area (Å²) in [4.78, 5) is 85.8. The Morgan fingerprint density at radius 1 is 0.508 bits per heavy atom.